The Balaban J connectivity index is 1.36. The Kier molecular flexibility index (Phi) is 6.44. The van der Waals surface area contributed by atoms with Crippen molar-refractivity contribution >= 4 is 44.8 Å². The number of hydrogen-bond donors (Lipinski definition) is 3. The van der Waals surface area contributed by atoms with Gasteiger partial charge in [0.15, 0.2) is 5.82 Å². The maximum absolute atomic E-state index is 12.7. The molecule has 4 heterocycles. The number of hydrogen-bond acceptors (Lipinski definition) is 5. The van der Waals surface area contributed by atoms with Gasteiger partial charge in [0.1, 0.15) is 11.2 Å². The Morgan fingerprint density at radius 2 is 1.90 bits per heavy atom. The third kappa shape index (κ3) is 4.69. The topological polar surface area (TPSA) is 99.3 Å². The highest BCUT2D eigenvalue weighted by atomic mass is 32.1. The van der Waals surface area contributed by atoms with Crippen LogP contribution >= 0.6 is 11.3 Å². The summed E-state index contributed by atoms with van der Waals surface area (Å²) in [5.41, 5.74) is 7.41. The molecule has 0 saturated heterocycles. The van der Waals surface area contributed by atoms with E-state index in [1.165, 1.54) is 0 Å². The number of pyridine rings is 1. The largest absolute Gasteiger partial charge is 0.335 e. The van der Waals surface area contributed by atoms with Gasteiger partial charge in [0, 0.05) is 33.3 Å². The van der Waals surface area contributed by atoms with Crippen LogP contribution < -0.4 is 5.32 Å². The van der Waals surface area contributed by atoms with Gasteiger partial charge in [-0.3, -0.25) is 14.9 Å². The average molecular weight is 529 g/mol. The van der Waals surface area contributed by atoms with Gasteiger partial charge in [0.25, 0.3) is 5.91 Å². The molecule has 6 aromatic rings. The summed E-state index contributed by atoms with van der Waals surface area (Å²) < 4.78 is 0. The van der Waals surface area contributed by atoms with E-state index < -0.39 is 0 Å². The first-order valence-corrected chi connectivity index (χ1v) is 13.3. The first-order chi connectivity index (χ1) is 19.1. The highest BCUT2D eigenvalue weighted by Crippen LogP contribution is 2.33. The van der Waals surface area contributed by atoms with Crippen molar-refractivity contribution < 1.29 is 4.79 Å². The summed E-state index contributed by atoms with van der Waals surface area (Å²) in [4.78, 5) is 26.5. The van der Waals surface area contributed by atoms with Crippen LogP contribution in [0.4, 0.5) is 0 Å². The van der Waals surface area contributed by atoms with E-state index in [4.69, 9.17) is 4.98 Å². The Morgan fingerprint density at radius 3 is 2.67 bits per heavy atom. The van der Waals surface area contributed by atoms with Crippen molar-refractivity contribution in [2.75, 3.05) is 0 Å². The number of rotatable bonds is 7. The van der Waals surface area contributed by atoms with Crippen LogP contribution in [-0.2, 0) is 0 Å². The molecule has 0 aliphatic rings. The van der Waals surface area contributed by atoms with Gasteiger partial charge in [-0.2, -0.15) is 5.10 Å². The molecule has 0 unspecified atom stereocenters. The molecule has 1 amide bonds. The van der Waals surface area contributed by atoms with Crippen molar-refractivity contribution in [1.82, 2.24) is 30.5 Å². The number of thiophene rings is 1. The number of aromatic nitrogens is 5. The lowest BCUT2D eigenvalue weighted by Crippen LogP contribution is -2.21. The molecule has 3 N–H and O–H groups in total. The van der Waals surface area contributed by atoms with Gasteiger partial charge in [-0.15, -0.1) is 11.3 Å². The van der Waals surface area contributed by atoms with Gasteiger partial charge in [-0.05, 0) is 65.9 Å². The highest BCUT2D eigenvalue weighted by Gasteiger charge is 2.17. The van der Waals surface area contributed by atoms with E-state index in [9.17, 15) is 4.79 Å². The summed E-state index contributed by atoms with van der Waals surface area (Å²) in [6.07, 6.45) is 9.18. The van der Waals surface area contributed by atoms with E-state index in [2.05, 4.69) is 44.2 Å². The second-order valence-electron chi connectivity index (χ2n) is 8.85. The molecule has 0 aliphatic carbocycles. The summed E-state index contributed by atoms with van der Waals surface area (Å²) >= 11 is 1.66. The van der Waals surface area contributed by atoms with Gasteiger partial charge in [0.2, 0.25) is 0 Å². The number of H-pyrrole nitrogens is 2. The Morgan fingerprint density at radius 1 is 1.03 bits per heavy atom. The predicted octanol–water partition coefficient (Wildman–Crippen LogP) is 7.13. The number of allylic oxidation sites excluding steroid dienone is 4. The molecule has 7 nitrogen and oxygen atoms in total. The van der Waals surface area contributed by atoms with Crippen LogP contribution in [0, 0.1) is 0 Å². The molecule has 4 aromatic heterocycles. The Hall–Kier alpha value is -5.08. The van der Waals surface area contributed by atoms with Gasteiger partial charge >= 0.3 is 0 Å². The number of benzene rings is 2. The van der Waals surface area contributed by atoms with E-state index in [-0.39, 0.29) is 5.91 Å². The summed E-state index contributed by atoms with van der Waals surface area (Å²) in [6.45, 7) is 5.85. The molecule has 0 atom stereocenters. The van der Waals surface area contributed by atoms with Crippen LogP contribution in [0.25, 0.3) is 49.5 Å². The zero-order valence-electron chi connectivity index (χ0n) is 21.1. The third-order valence-electron chi connectivity index (χ3n) is 6.44. The van der Waals surface area contributed by atoms with E-state index in [1.807, 2.05) is 67.1 Å². The normalized spacial score (nSPS) is 12.2. The first kappa shape index (κ1) is 24.3. The maximum atomic E-state index is 12.7. The third-order valence-corrected chi connectivity index (χ3v) is 7.34. The summed E-state index contributed by atoms with van der Waals surface area (Å²) in [5, 5.41) is 13.6. The van der Waals surface area contributed by atoms with Crippen LogP contribution in [0.3, 0.4) is 0 Å². The standard InChI is InChI=1S/C31H24N6OS/c1-3-19(15-22(4-2)33-31(38)20-9-6-5-7-10-20)21-12-13-25-23(16-21)29(37-36-25)30-34-26-18-32-17-24(28(26)35-30)27-11-8-14-39-27/h3-18H,2H2,1H3,(H,33,38)(H,34,35)(H,36,37)/b19-3+,22-15+. The number of fused-ring (bicyclic) bond motifs is 2. The number of nitrogens with zero attached hydrogens (tertiary/aromatic N) is 3. The smallest absolute Gasteiger partial charge is 0.255 e. The molecule has 2 aromatic carbocycles. The quantitative estimate of drug-likeness (QED) is 0.192. The van der Waals surface area contributed by atoms with E-state index in [0.29, 0.717) is 17.1 Å². The monoisotopic (exact) mass is 528 g/mol. The minimum Gasteiger partial charge on any atom is -0.335 e. The molecule has 6 rings (SSSR count). The van der Waals surface area contributed by atoms with Gasteiger partial charge in [0.05, 0.1) is 17.2 Å². The Labute approximate surface area is 228 Å². The summed E-state index contributed by atoms with van der Waals surface area (Å²) in [6, 6.07) is 19.3. The number of carbonyl (C=O) groups is 1. The van der Waals surface area contributed by atoms with Crippen LogP contribution in [-0.4, -0.2) is 31.1 Å². The minimum atomic E-state index is -0.189. The molecular formula is C31H24N6OS. The van der Waals surface area contributed by atoms with Gasteiger partial charge in [-0.1, -0.05) is 43.0 Å². The summed E-state index contributed by atoms with van der Waals surface area (Å²) in [5.74, 6) is 0.477. The van der Waals surface area contributed by atoms with Crippen LogP contribution in [0.2, 0.25) is 0 Å². The average Bonchev–Trinajstić information content (AvgIpc) is 3.74. The second kappa shape index (κ2) is 10.4. The number of amides is 1. The van der Waals surface area contributed by atoms with Crippen LogP contribution in [0.1, 0.15) is 22.8 Å². The van der Waals surface area contributed by atoms with Crippen LogP contribution in [0.15, 0.2) is 109 Å². The van der Waals surface area contributed by atoms with Gasteiger partial charge in [-0.25, -0.2) is 4.98 Å². The molecule has 0 aliphatic heterocycles. The lowest BCUT2D eigenvalue weighted by Gasteiger charge is -2.09. The number of carbonyl (C=O) groups excluding carboxylic acids is 1. The van der Waals surface area contributed by atoms with Gasteiger partial charge < -0.3 is 10.3 Å². The zero-order valence-corrected chi connectivity index (χ0v) is 21.9. The van der Waals surface area contributed by atoms with Crippen molar-refractivity contribution in [2.45, 2.75) is 6.92 Å². The molecule has 0 fully saturated rings. The highest BCUT2D eigenvalue weighted by molar-refractivity contribution is 7.13. The fraction of sp³-hybridized carbons (Fsp3) is 0.0323. The molecule has 0 spiro atoms. The predicted molar refractivity (Wildman–Crippen MR) is 158 cm³/mol. The summed E-state index contributed by atoms with van der Waals surface area (Å²) in [7, 11) is 0. The van der Waals surface area contributed by atoms with Crippen molar-refractivity contribution in [3.63, 3.8) is 0 Å². The maximum Gasteiger partial charge on any atom is 0.255 e. The number of nitrogens with one attached hydrogen (secondary N) is 3. The SMILES string of the molecule is C=C/C(=C\C(=C/C)c1ccc2[nH]nc(-c3nc4c(-c5cccs5)cncc4[nH]3)c2c1)NC(=O)c1ccccc1. The van der Waals surface area contributed by atoms with E-state index in [1.54, 1.807) is 35.7 Å². The van der Waals surface area contributed by atoms with Crippen molar-refractivity contribution in [3.05, 3.63) is 120 Å². The molecule has 0 saturated carbocycles. The zero-order chi connectivity index (χ0) is 26.8. The van der Waals surface area contributed by atoms with Crippen molar-refractivity contribution in [2.24, 2.45) is 0 Å². The fourth-order valence-electron chi connectivity index (χ4n) is 4.47. The van der Waals surface area contributed by atoms with Crippen molar-refractivity contribution in [1.29, 1.82) is 0 Å². The molecular weight excluding hydrogens is 504 g/mol. The fourth-order valence-corrected chi connectivity index (χ4v) is 5.21. The second-order valence-corrected chi connectivity index (χ2v) is 9.79. The van der Waals surface area contributed by atoms with E-state index in [0.717, 1.165) is 49.2 Å². The first-order valence-electron chi connectivity index (χ1n) is 12.4. The van der Waals surface area contributed by atoms with Crippen LogP contribution in [0.5, 0.6) is 0 Å². The lowest BCUT2D eigenvalue weighted by atomic mass is 10.0. The number of imidazole rings is 1. The number of aromatic amines is 2. The molecule has 190 valence electrons. The molecule has 39 heavy (non-hydrogen) atoms. The molecule has 8 heteroatoms. The van der Waals surface area contributed by atoms with Crippen molar-refractivity contribution in [3.8, 4) is 22.0 Å². The molecule has 0 bridgehead atoms. The molecule has 0 radical (unpaired) electrons. The Bertz CT molecular complexity index is 1880. The lowest BCUT2D eigenvalue weighted by molar-refractivity contribution is 0.0967. The van der Waals surface area contributed by atoms with E-state index >= 15 is 0 Å². The minimum absolute atomic E-state index is 0.189.